The molecule has 0 amide bonds. The largest absolute Gasteiger partial charge is 0.364 e. The zero-order chi connectivity index (χ0) is 12.3. The monoisotopic (exact) mass is 231 g/mol. The van der Waals surface area contributed by atoms with E-state index in [1.54, 1.807) is 12.4 Å². The van der Waals surface area contributed by atoms with Crippen LogP contribution in [0.2, 0.25) is 0 Å². The van der Waals surface area contributed by atoms with Crippen molar-refractivity contribution in [2.24, 2.45) is 0 Å². The van der Waals surface area contributed by atoms with Gasteiger partial charge >= 0.3 is 0 Å². The van der Waals surface area contributed by atoms with Crippen LogP contribution in [0.1, 0.15) is 26.0 Å². The van der Waals surface area contributed by atoms with Crippen molar-refractivity contribution in [1.82, 2.24) is 14.9 Å². The van der Waals surface area contributed by atoms with E-state index in [1.165, 1.54) is 0 Å². The highest BCUT2D eigenvalue weighted by Crippen LogP contribution is 2.17. The predicted molar refractivity (Wildman–Crippen MR) is 65.5 cm³/mol. The molecular weight excluding hydrogens is 214 g/mol. The van der Waals surface area contributed by atoms with Crippen LogP contribution >= 0.6 is 0 Å². The Balaban J connectivity index is 2.01. The van der Waals surface area contributed by atoms with Crippen LogP contribution in [0.5, 0.6) is 0 Å². The second-order valence-corrected chi connectivity index (χ2v) is 4.58. The molecule has 5 heteroatoms. The van der Waals surface area contributed by atoms with E-state index >= 15 is 0 Å². The number of hydrogen-bond acceptors (Lipinski definition) is 5. The summed E-state index contributed by atoms with van der Waals surface area (Å²) in [6.07, 6.45) is 4.23. The summed E-state index contributed by atoms with van der Waals surface area (Å²) < 4.78 is 0. The first-order valence-corrected chi connectivity index (χ1v) is 5.92. The first-order valence-electron chi connectivity index (χ1n) is 5.92. The highest BCUT2D eigenvalue weighted by atomic mass is 15.2. The van der Waals surface area contributed by atoms with Crippen molar-refractivity contribution in [2.75, 3.05) is 18.4 Å². The van der Waals surface area contributed by atoms with Crippen LogP contribution in [0, 0.1) is 11.3 Å². The van der Waals surface area contributed by atoms with Crippen molar-refractivity contribution < 1.29 is 0 Å². The normalized spacial score (nSPS) is 20.5. The van der Waals surface area contributed by atoms with Gasteiger partial charge in [-0.3, -0.25) is 4.90 Å². The Kier molecular flexibility index (Phi) is 3.55. The third-order valence-electron chi connectivity index (χ3n) is 3.09. The lowest BCUT2D eigenvalue weighted by atomic mass is 10.2. The van der Waals surface area contributed by atoms with Crippen molar-refractivity contribution in [3.63, 3.8) is 0 Å². The fourth-order valence-corrected chi connectivity index (χ4v) is 2.09. The Morgan fingerprint density at radius 1 is 1.47 bits per heavy atom. The van der Waals surface area contributed by atoms with Crippen molar-refractivity contribution in [2.45, 2.75) is 32.4 Å². The van der Waals surface area contributed by atoms with Crippen LogP contribution in [0.25, 0.3) is 0 Å². The first kappa shape index (κ1) is 11.8. The molecule has 2 rings (SSSR count). The van der Waals surface area contributed by atoms with E-state index in [4.69, 9.17) is 5.26 Å². The summed E-state index contributed by atoms with van der Waals surface area (Å²) in [6.45, 7) is 6.49. The lowest BCUT2D eigenvalue weighted by Gasteiger charge is -2.20. The number of nitrogens with one attached hydrogen (secondary N) is 1. The standard InChI is InChI=1S/C12H17N5/c1-9(2)17-6-3-10(8-17)16-12-11(7-13)14-4-5-15-12/h4-5,9-10H,3,6,8H2,1-2H3,(H,15,16). The van der Waals surface area contributed by atoms with Crippen LogP contribution in [0.3, 0.4) is 0 Å². The fourth-order valence-electron chi connectivity index (χ4n) is 2.09. The van der Waals surface area contributed by atoms with Gasteiger partial charge in [0.05, 0.1) is 0 Å². The molecule has 1 N–H and O–H groups in total. The second kappa shape index (κ2) is 5.11. The van der Waals surface area contributed by atoms with Gasteiger partial charge in [-0.1, -0.05) is 0 Å². The van der Waals surface area contributed by atoms with Crippen molar-refractivity contribution >= 4 is 5.82 Å². The molecule has 0 aliphatic carbocycles. The maximum Gasteiger partial charge on any atom is 0.182 e. The summed E-state index contributed by atoms with van der Waals surface area (Å²) in [5.41, 5.74) is 0.371. The summed E-state index contributed by atoms with van der Waals surface area (Å²) in [7, 11) is 0. The SMILES string of the molecule is CC(C)N1CCC(Nc2nccnc2C#N)C1. The minimum absolute atomic E-state index is 0.362. The van der Waals surface area contributed by atoms with E-state index in [0.29, 0.717) is 23.6 Å². The Morgan fingerprint density at radius 3 is 2.88 bits per heavy atom. The zero-order valence-corrected chi connectivity index (χ0v) is 10.2. The van der Waals surface area contributed by atoms with E-state index in [-0.39, 0.29) is 0 Å². The molecule has 90 valence electrons. The summed E-state index contributed by atoms with van der Waals surface area (Å²) >= 11 is 0. The minimum Gasteiger partial charge on any atom is -0.364 e. The number of rotatable bonds is 3. The van der Waals surface area contributed by atoms with E-state index in [2.05, 4.69) is 40.1 Å². The fraction of sp³-hybridized carbons (Fsp3) is 0.583. The Labute approximate surface area is 101 Å². The van der Waals surface area contributed by atoms with Crippen molar-refractivity contribution in [1.29, 1.82) is 5.26 Å². The molecule has 0 spiro atoms. The average molecular weight is 231 g/mol. The second-order valence-electron chi connectivity index (χ2n) is 4.58. The Morgan fingerprint density at radius 2 is 2.24 bits per heavy atom. The van der Waals surface area contributed by atoms with E-state index in [1.807, 2.05) is 0 Å². The highest BCUT2D eigenvalue weighted by molar-refractivity contribution is 5.47. The third-order valence-corrected chi connectivity index (χ3v) is 3.09. The zero-order valence-electron chi connectivity index (χ0n) is 10.2. The third kappa shape index (κ3) is 2.71. The highest BCUT2D eigenvalue weighted by Gasteiger charge is 2.24. The molecule has 0 radical (unpaired) electrons. The van der Waals surface area contributed by atoms with Gasteiger partial charge in [-0.2, -0.15) is 5.26 Å². The molecule has 0 aromatic carbocycles. The Hall–Kier alpha value is -1.67. The number of aromatic nitrogens is 2. The molecule has 1 fully saturated rings. The van der Waals surface area contributed by atoms with Crippen LogP contribution in [0.4, 0.5) is 5.82 Å². The lowest BCUT2D eigenvalue weighted by molar-refractivity contribution is 0.274. The van der Waals surface area contributed by atoms with Gasteiger partial charge in [0.1, 0.15) is 6.07 Å². The molecule has 0 bridgehead atoms. The van der Waals surface area contributed by atoms with Crippen molar-refractivity contribution in [3.05, 3.63) is 18.1 Å². The van der Waals surface area contributed by atoms with E-state index in [9.17, 15) is 0 Å². The molecule has 1 aliphatic heterocycles. The number of anilines is 1. The van der Waals surface area contributed by atoms with Crippen molar-refractivity contribution in [3.8, 4) is 6.07 Å². The Bertz CT molecular complexity index is 423. The summed E-state index contributed by atoms with van der Waals surface area (Å²) in [4.78, 5) is 10.6. The van der Waals surface area contributed by atoms with Crippen LogP contribution < -0.4 is 5.32 Å². The molecule has 5 nitrogen and oxygen atoms in total. The molecule has 1 saturated heterocycles. The average Bonchev–Trinajstić information content (AvgIpc) is 2.78. The van der Waals surface area contributed by atoms with E-state index < -0.39 is 0 Å². The van der Waals surface area contributed by atoms with Gasteiger partial charge in [-0.25, -0.2) is 9.97 Å². The number of nitrogens with zero attached hydrogens (tertiary/aromatic N) is 4. The maximum atomic E-state index is 8.93. The lowest BCUT2D eigenvalue weighted by Crippen LogP contribution is -2.31. The number of hydrogen-bond donors (Lipinski definition) is 1. The van der Waals surface area contributed by atoms with Crippen LogP contribution in [0.15, 0.2) is 12.4 Å². The summed E-state index contributed by atoms with van der Waals surface area (Å²) in [5.74, 6) is 0.602. The molecule has 1 aromatic heterocycles. The quantitative estimate of drug-likeness (QED) is 0.848. The molecule has 1 unspecified atom stereocenters. The summed E-state index contributed by atoms with van der Waals surface area (Å²) in [5, 5.41) is 12.2. The van der Waals surface area contributed by atoms with Gasteiger partial charge in [0.25, 0.3) is 0 Å². The minimum atomic E-state index is 0.362. The maximum absolute atomic E-state index is 8.93. The van der Waals surface area contributed by atoms with Gasteiger partial charge in [-0.15, -0.1) is 0 Å². The van der Waals surface area contributed by atoms with Gasteiger partial charge < -0.3 is 5.32 Å². The van der Waals surface area contributed by atoms with Gasteiger partial charge in [0.15, 0.2) is 11.5 Å². The van der Waals surface area contributed by atoms with Gasteiger partial charge in [0.2, 0.25) is 0 Å². The van der Waals surface area contributed by atoms with Crippen LogP contribution in [-0.4, -0.2) is 40.0 Å². The smallest absolute Gasteiger partial charge is 0.182 e. The van der Waals surface area contributed by atoms with Gasteiger partial charge in [-0.05, 0) is 20.3 Å². The number of likely N-dealkylation sites (tertiary alicyclic amines) is 1. The molecular formula is C12H17N5. The summed E-state index contributed by atoms with van der Waals surface area (Å²) in [6, 6.07) is 2.98. The van der Waals surface area contributed by atoms with E-state index in [0.717, 1.165) is 19.5 Å². The number of nitriles is 1. The molecule has 0 saturated carbocycles. The molecule has 1 atom stereocenters. The molecule has 1 aromatic rings. The first-order chi connectivity index (χ1) is 8.20. The van der Waals surface area contributed by atoms with Gasteiger partial charge in [0, 0.05) is 37.6 Å². The predicted octanol–water partition coefficient (Wildman–Crippen LogP) is 1.24. The molecule has 2 heterocycles. The van der Waals surface area contributed by atoms with Crippen LogP contribution in [-0.2, 0) is 0 Å². The molecule has 1 aliphatic rings. The topological polar surface area (TPSA) is 64.8 Å². The molecule has 17 heavy (non-hydrogen) atoms.